The molecule has 0 fully saturated rings. The Hall–Kier alpha value is -1.52. The molecular weight excluding hydrogens is 282 g/mol. The highest BCUT2D eigenvalue weighted by Crippen LogP contribution is 2.25. The van der Waals surface area contributed by atoms with Crippen molar-refractivity contribution in [1.82, 2.24) is 0 Å². The second-order valence-corrected chi connectivity index (χ2v) is 6.82. The maximum absolute atomic E-state index is 12.3. The highest BCUT2D eigenvalue weighted by atomic mass is 35.5. The average molecular weight is 296 g/mol. The van der Waals surface area contributed by atoms with E-state index in [4.69, 9.17) is 17.3 Å². The van der Waals surface area contributed by atoms with E-state index in [1.807, 2.05) is 19.1 Å². The van der Waals surface area contributed by atoms with Crippen LogP contribution in [0.4, 0.5) is 5.69 Å². The third kappa shape index (κ3) is 3.28. The Kier molecular flexibility index (Phi) is 3.83. The lowest BCUT2D eigenvalue weighted by Gasteiger charge is -2.08. The summed E-state index contributed by atoms with van der Waals surface area (Å²) in [6.07, 6.45) is 0. The van der Waals surface area contributed by atoms with Gasteiger partial charge in [-0.2, -0.15) is 0 Å². The van der Waals surface area contributed by atoms with Crippen molar-refractivity contribution in [1.29, 1.82) is 0 Å². The van der Waals surface area contributed by atoms with Crippen molar-refractivity contribution >= 4 is 27.1 Å². The molecule has 0 saturated heterocycles. The first kappa shape index (κ1) is 13.9. The van der Waals surface area contributed by atoms with Gasteiger partial charge >= 0.3 is 0 Å². The number of hydrogen-bond acceptors (Lipinski definition) is 3. The molecule has 0 heterocycles. The minimum atomic E-state index is -3.46. The highest BCUT2D eigenvalue weighted by Gasteiger charge is 2.18. The molecule has 2 aromatic carbocycles. The smallest absolute Gasteiger partial charge is 0.184 e. The number of sulfone groups is 1. The van der Waals surface area contributed by atoms with E-state index < -0.39 is 9.84 Å². The van der Waals surface area contributed by atoms with Crippen LogP contribution in [0.2, 0.25) is 5.02 Å². The minimum Gasteiger partial charge on any atom is -0.398 e. The quantitative estimate of drug-likeness (QED) is 0.885. The fourth-order valence-electron chi connectivity index (χ4n) is 1.78. The van der Waals surface area contributed by atoms with Gasteiger partial charge in [-0.3, -0.25) is 0 Å². The van der Waals surface area contributed by atoms with E-state index in [-0.39, 0.29) is 16.3 Å². The lowest BCUT2D eigenvalue weighted by atomic mass is 10.2. The summed E-state index contributed by atoms with van der Waals surface area (Å²) in [4.78, 5) is 0.123. The number of halogens is 1. The number of anilines is 1. The maximum Gasteiger partial charge on any atom is 0.184 e. The SMILES string of the molecule is Cc1ccc(CS(=O)(=O)c2ccc(Cl)cc2N)cc1. The van der Waals surface area contributed by atoms with Crippen LogP contribution in [0.25, 0.3) is 0 Å². The third-order valence-electron chi connectivity index (χ3n) is 2.78. The second kappa shape index (κ2) is 5.23. The van der Waals surface area contributed by atoms with Gasteiger partial charge in [-0.15, -0.1) is 0 Å². The van der Waals surface area contributed by atoms with Crippen LogP contribution in [0.3, 0.4) is 0 Å². The van der Waals surface area contributed by atoms with Gasteiger partial charge in [-0.25, -0.2) is 8.42 Å². The number of aryl methyl sites for hydroxylation is 1. The topological polar surface area (TPSA) is 60.2 Å². The molecule has 2 rings (SSSR count). The standard InChI is InChI=1S/C14H14ClNO2S/c1-10-2-4-11(5-3-10)9-19(17,18)14-7-6-12(15)8-13(14)16/h2-8H,9,16H2,1H3. The summed E-state index contributed by atoms with van der Waals surface area (Å²) in [6.45, 7) is 1.95. The van der Waals surface area contributed by atoms with Crippen molar-refractivity contribution in [2.24, 2.45) is 0 Å². The summed E-state index contributed by atoms with van der Waals surface area (Å²) < 4.78 is 24.6. The molecule has 0 amide bonds. The number of nitrogen functional groups attached to an aromatic ring is 1. The summed E-state index contributed by atoms with van der Waals surface area (Å²) >= 11 is 5.77. The van der Waals surface area contributed by atoms with Crippen LogP contribution >= 0.6 is 11.6 Å². The molecule has 2 aromatic rings. The zero-order valence-electron chi connectivity index (χ0n) is 10.4. The molecule has 0 saturated carbocycles. The van der Waals surface area contributed by atoms with Gasteiger partial charge < -0.3 is 5.73 Å². The van der Waals surface area contributed by atoms with Gasteiger partial charge in [-0.1, -0.05) is 41.4 Å². The van der Waals surface area contributed by atoms with E-state index in [2.05, 4.69) is 0 Å². The van der Waals surface area contributed by atoms with Gasteiger partial charge in [0.2, 0.25) is 0 Å². The summed E-state index contributed by atoms with van der Waals surface area (Å²) in [5, 5.41) is 0.423. The molecule has 0 aromatic heterocycles. The Morgan fingerprint density at radius 3 is 2.32 bits per heavy atom. The normalized spacial score (nSPS) is 11.5. The van der Waals surface area contributed by atoms with Gasteiger partial charge in [0.15, 0.2) is 9.84 Å². The van der Waals surface area contributed by atoms with Crippen LogP contribution in [0.1, 0.15) is 11.1 Å². The monoisotopic (exact) mass is 295 g/mol. The molecule has 100 valence electrons. The highest BCUT2D eigenvalue weighted by molar-refractivity contribution is 7.90. The van der Waals surface area contributed by atoms with Gasteiger partial charge in [-0.05, 0) is 30.7 Å². The van der Waals surface area contributed by atoms with Crippen molar-refractivity contribution in [2.45, 2.75) is 17.6 Å². The van der Waals surface area contributed by atoms with Crippen LogP contribution < -0.4 is 5.73 Å². The first-order valence-electron chi connectivity index (χ1n) is 5.72. The molecule has 0 atom stereocenters. The van der Waals surface area contributed by atoms with Crippen molar-refractivity contribution in [3.63, 3.8) is 0 Å². The van der Waals surface area contributed by atoms with E-state index in [1.54, 1.807) is 12.1 Å². The van der Waals surface area contributed by atoms with E-state index in [0.717, 1.165) is 11.1 Å². The number of rotatable bonds is 3. The molecule has 0 bridgehead atoms. The Bertz CT molecular complexity index is 694. The average Bonchev–Trinajstić information content (AvgIpc) is 2.31. The number of hydrogen-bond donors (Lipinski definition) is 1. The Labute approximate surface area is 117 Å². The second-order valence-electron chi connectivity index (χ2n) is 4.43. The molecule has 3 nitrogen and oxygen atoms in total. The van der Waals surface area contributed by atoms with Crippen molar-refractivity contribution in [3.05, 3.63) is 58.6 Å². The van der Waals surface area contributed by atoms with Crippen molar-refractivity contribution in [3.8, 4) is 0 Å². The Morgan fingerprint density at radius 2 is 1.74 bits per heavy atom. The summed E-state index contributed by atoms with van der Waals surface area (Å²) in [5.41, 5.74) is 7.73. The van der Waals surface area contributed by atoms with Crippen LogP contribution in [-0.2, 0) is 15.6 Å². The predicted molar refractivity (Wildman–Crippen MR) is 77.9 cm³/mol. The predicted octanol–water partition coefficient (Wildman–Crippen LogP) is 3.20. The number of benzene rings is 2. The molecule has 0 spiro atoms. The third-order valence-corrected chi connectivity index (χ3v) is 4.77. The van der Waals surface area contributed by atoms with Gasteiger partial charge in [0.05, 0.1) is 16.3 Å². The lowest BCUT2D eigenvalue weighted by Crippen LogP contribution is -2.07. The Morgan fingerprint density at radius 1 is 1.11 bits per heavy atom. The fourth-order valence-corrected chi connectivity index (χ4v) is 3.44. The maximum atomic E-state index is 12.3. The Balaban J connectivity index is 2.35. The molecule has 19 heavy (non-hydrogen) atoms. The first-order valence-corrected chi connectivity index (χ1v) is 7.75. The van der Waals surface area contributed by atoms with E-state index in [0.29, 0.717) is 5.02 Å². The minimum absolute atomic E-state index is 0.0703. The van der Waals surface area contributed by atoms with E-state index in [1.165, 1.54) is 18.2 Å². The molecule has 0 radical (unpaired) electrons. The molecule has 0 aliphatic rings. The largest absolute Gasteiger partial charge is 0.398 e. The zero-order valence-corrected chi connectivity index (χ0v) is 12.0. The van der Waals surface area contributed by atoms with E-state index >= 15 is 0 Å². The van der Waals surface area contributed by atoms with Crippen molar-refractivity contribution < 1.29 is 8.42 Å². The van der Waals surface area contributed by atoms with Crippen LogP contribution in [0, 0.1) is 6.92 Å². The summed E-state index contributed by atoms with van der Waals surface area (Å²) in [6, 6.07) is 11.8. The van der Waals surface area contributed by atoms with Gasteiger partial charge in [0, 0.05) is 5.02 Å². The molecule has 0 unspecified atom stereocenters. The molecule has 5 heteroatoms. The molecule has 2 N–H and O–H groups in total. The summed E-state index contributed by atoms with van der Waals surface area (Å²) in [7, 11) is -3.46. The first-order chi connectivity index (χ1) is 8.88. The van der Waals surface area contributed by atoms with Gasteiger partial charge in [0.1, 0.15) is 0 Å². The molecular formula is C14H14ClNO2S. The number of nitrogens with two attached hydrogens (primary N) is 1. The molecule has 0 aliphatic heterocycles. The van der Waals surface area contributed by atoms with Crippen LogP contribution in [-0.4, -0.2) is 8.42 Å². The van der Waals surface area contributed by atoms with E-state index in [9.17, 15) is 8.42 Å². The van der Waals surface area contributed by atoms with Crippen molar-refractivity contribution in [2.75, 3.05) is 5.73 Å². The molecule has 0 aliphatic carbocycles. The summed E-state index contributed by atoms with van der Waals surface area (Å²) in [5.74, 6) is -0.0703. The zero-order chi connectivity index (χ0) is 14.0. The lowest BCUT2D eigenvalue weighted by molar-refractivity contribution is 0.595. The van der Waals surface area contributed by atoms with Crippen LogP contribution in [0.5, 0.6) is 0 Å². The fraction of sp³-hybridized carbons (Fsp3) is 0.143. The van der Waals surface area contributed by atoms with Gasteiger partial charge in [0.25, 0.3) is 0 Å². The van der Waals surface area contributed by atoms with Crippen LogP contribution in [0.15, 0.2) is 47.4 Å².